The molecule has 6 heteroatoms. The Morgan fingerprint density at radius 3 is 2.75 bits per heavy atom. The van der Waals surface area contributed by atoms with Gasteiger partial charge >= 0.3 is 0 Å². The molecule has 0 bridgehead atoms. The van der Waals surface area contributed by atoms with Crippen LogP contribution in [0, 0.1) is 11.7 Å². The van der Waals surface area contributed by atoms with Crippen molar-refractivity contribution in [2.24, 2.45) is 5.92 Å². The summed E-state index contributed by atoms with van der Waals surface area (Å²) in [4.78, 5) is -0.343. The highest BCUT2D eigenvalue weighted by atomic mass is 32.2. The molecule has 1 fully saturated rings. The van der Waals surface area contributed by atoms with Crippen molar-refractivity contribution in [2.75, 3.05) is 6.54 Å². The maximum atomic E-state index is 13.9. The summed E-state index contributed by atoms with van der Waals surface area (Å²) in [5, 5.41) is 9.09. The van der Waals surface area contributed by atoms with Crippen LogP contribution in [0.2, 0.25) is 0 Å². The molecule has 1 aliphatic heterocycles. The first kappa shape index (κ1) is 15.4. The lowest BCUT2D eigenvalue weighted by molar-refractivity contribution is 0.202. The van der Waals surface area contributed by atoms with E-state index >= 15 is 0 Å². The topological polar surface area (TPSA) is 57.6 Å². The average Bonchev–Trinajstić information content (AvgIpc) is 2.42. The summed E-state index contributed by atoms with van der Waals surface area (Å²) in [7, 11) is -3.86. The lowest BCUT2D eigenvalue weighted by atomic mass is 9.94. The van der Waals surface area contributed by atoms with E-state index in [1.165, 1.54) is 16.4 Å². The molecule has 0 radical (unpaired) electrons. The van der Waals surface area contributed by atoms with Crippen LogP contribution >= 0.6 is 0 Å². The minimum absolute atomic E-state index is 0.147. The van der Waals surface area contributed by atoms with Gasteiger partial charge in [-0.1, -0.05) is 13.0 Å². The Balaban J connectivity index is 2.44. The Bertz CT molecular complexity index is 588. The van der Waals surface area contributed by atoms with Gasteiger partial charge in [0.2, 0.25) is 10.0 Å². The normalized spacial score (nSPS) is 24.8. The summed E-state index contributed by atoms with van der Waals surface area (Å²) < 4.78 is 40.5. The monoisotopic (exact) mass is 301 g/mol. The highest BCUT2D eigenvalue weighted by Crippen LogP contribution is 2.30. The summed E-state index contributed by atoms with van der Waals surface area (Å²) in [5.74, 6) is -0.518. The number of nitrogens with zero attached hydrogens (tertiary/aromatic N) is 1. The lowest BCUT2D eigenvalue weighted by Crippen LogP contribution is -2.46. The first-order valence-electron chi connectivity index (χ1n) is 6.79. The number of hydrogen-bond donors (Lipinski definition) is 1. The van der Waals surface area contributed by atoms with Crippen molar-refractivity contribution in [1.29, 1.82) is 0 Å². The molecule has 1 aromatic rings. The second kappa shape index (κ2) is 5.79. The standard InChI is InChI=1S/C14H20FNO3S/c1-10-4-3-7-16(11(10)2)20(18,19)14-8-12(9-17)5-6-13(14)15/h5-6,8,10-11,17H,3-4,7,9H2,1-2H3. The van der Waals surface area contributed by atoms with E-state index in [2.05, 4.69) is 0 Å². The van der Waals surface area contributed by atoms with Gasteiger partial charge in [0.25, 0.3) is 0 Å². The molecule has 0 aromatic heterocycles. The largest absolute Gasteiger partial charge is 0.392 e. The van der Waals surface area contributed by atoms with Crippen LogP contribution in [0.5, 0.6) is 0 Å². The molecule has 1 heterocycles. The van der Waals surface area contributed by atoms with Crippen LogP contribution in [0.4, 0.5) is 4.39 Å². The molecule has 1 saturated heterocycles. The molecule has 0 saturated carbocycles. The van der Waals surface area contributed by atoms with E-state index in [-0.39, 0.29) is 23.5 Å². The van der Waals surface area contributed by atoms with Crippen molar-refractivity contribution in [2.45, 2.75) is 44.2 Å². The van der Waals surface area contributed by atoms with Gasteiger partial charge in [-0.05, 0) is 43.4 Å². The third-order valence-corrected chi connectivity index (χ3v) is 6.08. The number of benzene rings is 1. The summed E-state index contributed by atoms with van der Waals surface area (Å²) >= 11 is 0. The number of sulfonamides is 1. The zero-order valence-electron chi connectivity index (χ0n) is 11.7. The van der Waals surface area contributed by atoms with Crippen molar-refractivity contribution in [3.8, 4) is 0 Å². The van der Waals surface area contributed by atoms with E-state index in [0.717, 1.165) is 18.9 Å². The second-order valence-corrected chi connectivity index (χ2v) is 7.26. The van der Waals surface area contributed by atoms with Gasteiger partial charge in [-0.2, -0.15) is 4.31 Å². The molecule has 2 rings (SSSR count). The van der Waals surface area contributed by atoms with Gasteiger partial charge in [0, 0.05) is 12.6 Å². The van der Waals surface area contributed by atoms with Crippen LogP contribution < -0.4 is 0 Å². The van der Waals surface area contributed by atoms with Gasteiger partial charge in [-0.15, -0.1) is 0 Å². The Kier molecular flexibility index (Phi) is 4.46. The van der Waals surface area contributed by atoms with Crippen LogP contribution in [-0.4, -0.2) is 30.4 Å². The predicted octanol–water partition coefficient (Wildman–Crippen LogP) is 2.13. The first-order valence-corrected chi connectivity index (χ1v) is 8.23. The van der Waals surface area contributed by atoms with E-state index in [9.17, 15) is 12.8 Å². The quantitative estimate of drug-likeness (QED) is 0.930. The Morgan fingerprint density at radius 1 is 1.40 bits per heavy atom. The molecule has 2 atom stereocenters. The van der Waals surface area contributed by atoms with Crippen LogP contribution in [0.25, 0.3) is 0 Å². The molecule has 1 aromatic carbocycles. The Morgan fingerprint density at radius 2 is 2.10 bits per heavy atom. The minimum atomic E-state index is -3.86. The van der Waals surface area contributed by atoms with E-state index in [1.54, 1.807) is 0 Å². The minimum Gasteiger partial charge on any atom is -0.392 e. The smallest absolute Gasteiger partial charge is 0.246 e. The van der Waals surface area contributed by atoms with E-state index < -0.39 is 15.8 Å². The van der Waals surface area contributed by atoms with Crippen LogP contribution in [0.15, 0.2) is 23.1 Å². The van der Waals surface area contributed by atoms with E-state index in [1.807, 2.05) is 13.8 Å². The fourth-order valence-electron chi connectivity index (χ4n) is 2.61. The zero-order chi connectivity index (χ0) is 14.9. The molecule has 1 N–H and O–H groups in total. The van der Waals surface area contributed by atoms with E-state index in [0.29, 0.717) is 12.1 Å². The molecule has 112 valence electrons. The SMILES string of the molecule is CC1CCCN(S(=O)(=O)c2cc(CO)ccc2F)C1C. The van der Waals surface area contributed by atoms with Crippen molar-refractivity contribution in [3.05, 3.63) is 29.6 Å². The number of rotatable bonds is 3. The van der Waals surface area contributed by atoms with Crippen molar-refractivity contribution in [1.82, 2.24) is 4.31 Å². The molecule has 1 aliphatic rings. The molecule has 2 unspecified atom stereocenters. The molecule has 20 heavy (non-hydrogen) atoms. The molecule has 0 spiro atoms. The van der Waals surface area contributed by atoms with Crippen LogP contribution in [0.1, 0.15) is 32.3 Å². The van der Waals surface area contributed by atoms with Gasteiger partial charge in [0.1, 0.15) is 10.7 Å². The summed E-state index contributed by atoms with van der Waals surface area (Å²) in [6, 6.07) is 3.55. The third-order valence-electron chi connectivity index (χ3n) is 4.08. The highest BCUT2D eigenvalue weighted by molar-refractivity contribution is 7.89. The molecular formula is C14H20FNO3S. The number of halogens is 1. The Labute approximate surface area is 119 Å². The van der Waals surface area contributed by atoms with Gasteiger partial charge in [0.05, 0.1) is 6.61 Å². The van der Waals surface area contributed by atoms with Gasteiger partial charge < -0.3 is 5.11 Å². The first-order chi connectivity index (χ1) is 9.37. The highest BCUT2D eigenvalue weighted by Gasteiger charge is 2.35. The lowest BCUT2D eigenvalue weighted by Gasteiger charge is -2.36. The molecule has 0 aliphatic carbocycles. The van der Waals surface area contributed by atoms with Gasteiger partial charge in [-0.3, -0.25) is 0 Å². The number of aliphatic hydroxyl groups is 1. The summed E-state index contributed by atoms with van der Waals surface area (Å²) in [6.45, 7) is 3.97. The van der Waals surface area contributed by atoms with Crippen molar-refractivity contribution >= 4 is 10.0 Å². The van der Waals surface area contributed by atoms with Crippen LogP contribution in [-0.2, 0) is 16.6 Å². The molecule has 0 amide bonds. The van der Waals surface area contributed by atoms with Crippen molar-refractivity contribution < 1.29 is 17.9 Å². The summed E-state index contributed by atoms with van der Waals surface area (Å²) in [5.41, 5.74) is 0.391. The zero-order valence-corrected chi connectivity index (χ0v) is 12.5. The third kappa shape index (κ3) is 2.73. The number of piperidine rings is 1. The number of aliphatic hydroxyl groups excluding tert-OH is 1. The maximum absolute atomic E-state index is 13.9. The molecular weight excluding hydrogens is 281 g/mol. The van der Waals surface area contributed by atoms with E-state index in [4.69, 9.17) is 5.11 Å². The Hall–Kier alpha value is -0.980. The maximum Gasteiger partial charge on any atom is 0.246 e. The average molecular weight is 301 g/mol. The fourth-order valence-corrected chi connectivity index (χ4v) is 4.49. The predicted molar refractivity (Wildman–Crippen MR) is 74.1 cm³/mol. The molecule has 4 nitrogen and oxygen atoms in total. The van der Waals surface area contributed by atoms with Gasteiger partial charge in [-0.25, -0.2) is 12.8 Å². The number of hydrogen-bond acceptors (Lipinski definition) is 3. The van der Waals surface area contributed by atoms with Crippen molar-refractivity contribution in [3.63, 3.8) is 0 Å². The van der Waals surface area contributed by atoms with Crippen LogP contribution in [0.3, 0.4) is 0 Å². The van der Waals surface area contributed by atoms with Gasteiger partial charge in [0.15, 0.2) is 0 Å². The fraction of sp³-hybridized carbons (Fsp3) is 0.571. The summed E-state index contributed by atoms with van der Waals surface area (Å²) in [6.07, 6.45) is 1.76. The second-order valence-electron chi connectivity index (χ2n) is 5.40.